The van der Waals surface area contributed by atoms with Crippen LogP contribution in [0, 0.1) is 0 Å². The number of para-hydroxylation sites is 1. The predicted molar refractivity (Wildman–Crippen MR) is 69.7 cm³/mol. The molecule has 0 aliphatic heterocycles. The van der Waals surface area contributed by atoms with E-state index in [1.807, 2.05) is 18.2 Å². The third kappa shape index (κ3) is 2.32. The summed E-state index contributed by atoms with van der Waals surface area (Å²) in [4.78, 5) is 4.60. The van der Waals surface area contributed by atoms with Gasteiger partial charge in [-0.3, -0.25) is 0 Å². The number of hydrogen-bond donors (Lipinski definition) is 1. The number of benzene rings is 1. The maximum Gasteiger partial charge on any atom is 0.126 e. The van der Waals surface area contributed by atoms with Gasteiger partial charge < -0.3 is 5.32 Å². The van der Waals surface area contributed by atoms with Crippen molar-refractivity contribution in [2.75, 3.05) is 5.32 Å². The lowest BCUT2D eigenvalue weighted by Crippen LogP contribution is -2.17. The topological polar surface area (TPSA) is 24.9 Å². The third-order valence-corrected chi connectivity index (χ3v) is 2.94. The second-order valence-corrected chi connectivity index (χ2v) is 4.05. The van der Waals surface area contributed by atoms with Crippen LogP contribution in [0.5, 0.6) is 0 Å². The van der Waals surface area contributed by atoms with Gasteiger partial charge in [0, 0.05) is 11.4 Å². The van der Waals surface area contributed by atoms with Crippen molar-refractivity contribution in [3.05, 3.63) is 36.4 Å². The van der Waals surface area contributed by atoms with Gasteiger partial charge in [0.25, 0.3) is 0 Å². The van der Waals surface area contributed by atoms with Crippen LogP contribution >= 0.6 is 0 Å². The lowest BCUT2D eigenvalue weighted by molar-refractivity contribution is 0.669. The Labute approximate surface area is 96.7 Å². The molecular formula is C14H18N2. The average Bonchev–Trinajstić information content (AvgIpc) is 2.35. The minimum atomic E-state index is 0.522. The van der Waals surface area contributed by atoms with E-state index in [4.69, 9.17) is 0 Å². The summed E-state index contributed by atoms with van der Waals surface area (Å²) in [5, 5.41) is 4.65. The van der Waals surface area contributed by atoms with Crippen molar-refractivity contribution < 1.29 is 0 Å². The molecule has 0 fully saturated rings. The molecule has 2 nitrogen and oxygen atoms in total. The SMILES string of the molecule is CCC(CC)Nc1ccc2ccccc2n1. The number of nitrogens with zero attached hydrogens (tertiary/aromatic N) is 1. The summed E-state index contributed by atoms with van der Waals surface area (Å²) in [7, 11) is 0. The van der Waals surface area contributed by atoms with Crippen LogP contribution in [0.25, 0.3) is 10.9 Å². The van der Waals surface area contributed by atoms with Gasteiger partial charge in [-0.1, -0.05) is 32.0 Å². The molecule has 0 bridgehead atoms. The Kier molecular flexibility index (Phi) is 3.40. The largest absolute Gasteiger partial charge is 0.367 e. The zero-order valence-electron chi connectivity index (χ0n) is 9.90. The van der Waals surface area contributed by atoms with Crippen molar-refractivity contribution in [3.63, 3.8) is 0 Å². The van der Waals surface area contributed by atoms with Crippen molar-refractivity contribution in [2.45, 2.75) is 32.7 Å². The van der Waals surface area contributed by atoms with E-state index in [0.717, 1.165) is 24.2 Å². The zero-order chi connectivity index (χ0) is 11.4. The fourth-order valence-electron chi connectivity index (χ4n) is 1.85. The highest BCUT2D eigenvalue weighted by Gasteiger charge is 2.04. The number of fused-ring (bicyclic) bond motifs is 1. The molecule has 1 aromatic heterocycles. The maximum atomic E-state index is 4.60. The van der Waals surface area contributed by atoms with Gasteiger partial charge in [-0.2, -0.15) is 0 Å². The van der Waals surface area contributed by atoms with Crippen molar-refractivity contribution in [1.82, 2.24) is 4.98 Å². The number of anilines is 1. The van der Waals surface area contributed by atoms with Crippen molar-refractivity contribution in [1.29, 1.82) is 0 Å². The lowest BCUT2D eigenvalue weighted by atomic mass is 10.1. The molecule has 0 saturated carbocycles. The van der Waals surface area contributed by atoms with Gasteiger partial charge in [0.15, 0.2) is 0 Å². The monoisotopic (exact) mass is 214 g/mol. The second kappa shape index (κ2) is 4.97. The van der Waals surface area contributed by atoms with Gasteiger partial charge in [-0.05, 0) is 31.0 Å². The highest BCUT2D eigenvalue weighted by Crippen LogP contribution is 2.16. The van der Waals surface area contributed by atoms with E-state index in [9.17, 15) is 0 Å². The molecule has 84 valence electrons. The average molecular weight is 214 g/mol. The molecule has 0 aliphatic carbocycles. The first kappa shape index (κ1) is 10.9. The molecule has 0 amide bonds. The number of nitrogens with one attached hydrogen (secondary N) is 1. The summed E-state index contributed by atoms with van der Waals surface area (Å²) in [6, 6.07) is 12.9. The Morgan fingerprint density at radius 2 is 1.81 bits per heavy atom. The van der Waals surface area contributed by atoms with Crippen LogP contribution < -0.4 is 5.32 Å². The minimum absolute atomic E-state index is 0.522. The molecule has 1 heterocycles. The Morgan fingerprint density at radius 1 is 1.06 bits per heavy atom. The Morgan fingerprint density at radius 3 is 2.56 bits per heavy atom. The fourth-order valence-corrected chi connectivity index (χ4v) is 1.85. The second-order valence-electron chi connectivity index (χ2n) is 4.05. The first-order valence-electron chi connectivity index (χ1n) is 5.95. The van der Waals surface area contributed by atoms with E-state index in [-0.39, 0.29) is 0 Å². The van der Waals surface area contributed by atoms with E-state index in [2.05, 4.69) is 42.3 Å². The summed E-state index contributed by atoms with van der Waals surface area (Å²) >= 11 is 0. The molecule has 2 heteroatoms. The Balaban J connectivity index is 2.25. The van der Waals surface area contributed by atoms with Crippen LogP contribution in [-0.4, -0.2) is 11.0 Å². The van der Waals surface area contributed by atoms with Crippen LogP contribution in [0.2, 0.25) is 0 Å². The summed E-state index contributed by atoms with van der Waals surface area (Å²) in [5.74, 6) is 0.979. The summed E-state index contributed by atoms with van der Waals surface area (Å²) < 4.78 is 0. The normalized spacial score (nSPS) is 10.9. The van der Waals surface area contributed by atoms with E-state index < -0.39 is 0 Å². The summed E-state index contributed by atoms with van der Waals surface area (Å²) in [6.45, 7) is 4.39. The molecule has 1 N–H and O–H groups in total. The molecule has 0 unspecified atom stereocenters. The van der Waals surface area contributed by atoms with Gasteiger partial charge in [-0.15, -0.1) is 0 Å². The number of aromatic nitrogens is 1. The molecule has 0 spiro atoms. The van der Waals surface area contributed by atoms with E-state index >= 15 is 0 Å². The van der Waals surface area contributed by atoms with E-state index in [1.54, 1.807) is 0 Å². The highest BCUT2D eigenvalue weighted by molar-refractivity contribution is 5.80. The molecular weight excluding hydrogens is 196 g/mol. The molecule has 2 rings (SSSR count). The minimum Gasteiger partial charge on any atom is -0.367 e. The number of hydrogen-bond acceptors (Lipinski definition) is 2. The molecule has 16 heavy (non-hydrogen) atoms. The van der Waals surface area contributed by atoms with Crippen LogP contribution in [0.15, 0.2) is 36.4 Å². The van der Waals surface area contributed by atoms with Crippen molar-refractivity contribution in [3.8, 4) is 0 Å². The Hall–Kier alpha value is -1.57. The molecule has 0 radical (unpaired) electrons. The van der Waals surface area contributed by atoms with Crippen LogP contribution in [0.4, 0.5) is 5.82 Å². The third-order valence-electron chi connectivity index (χ3n) is 2.94. The molecule has 0 atom stereocenters. The molecule has 0 aliphatic rings. The highest BCUT2D eigenvalue weighted by atomic mass is 15.0. The first-order chi connectivity index (χ1) is 7.83. The van der Waals surface area contributed by atoms with E-state index in [0.29, 0.717) is 6.04 Å². The van der Waals surface area contributed by atoms with Crippen LogP contribution in [-0.2, 0) is 0 Å². The van der Waals surface area contributed by atoms with Crippen LogP contribution in [0.3, 0.4) is 0 Å². The van der Waals surface area contributed by atoms with Crippen LogP contribution in [0.1, 0.15) is 26.7 Å². The van der Waals surface area contributed by atoms with E-state index in [1.165, 1.54) is 5.39 Å². The number of rotatable bonds is 4. The van der Waals surface area contributed by atoms with Crippen molar-refractivity contribution >= 4 is 16.7 Å². The summed E-state index contributed by atoms with van der Waals surface area (Å²) in [6.07, 6.45) is 2.26. The quantitative estimate of drug-likeness (QED) is 0.836. The summed E-state index contributed by atoms with van der Waals surface area (Å²) in [5.41, 5.74) is 1.05. The molecule has 0 saturated heterocycles. The van der Waals surface area contributed by atoms with Gasteiger partial charge in [-0.25, -0.2) is 4.98 Å². The van der Waals surface area contributed by atoms with Gasteiger partial charge >= 0.3 is 0 Å². The lowest BCUT2D eigenvalue weighted by Gasteiger charge is -2.15. The fraction of sp³-hybridized carbons (Fsp3) is 0.357. The predicted octanol–water partition coefficient (Wildman–Crippen LogP) is 3.84. The molecule has 2 aromatic rings. The van der Waals surface area contributed by atoms with Gasteiger partial charge in [0.1, 0.15) is 5.82 Å². The first-order valence-corrected chi connectivity index (χ1v) is 5.95. The standard InChI is InChI=1S/C14H18N2/c1-3-12(4-2)15-14-10-9-11-7-5-6-8-13(11)16-14/h5-10,12H,3-4H2,1-2H3,(H,15,16). The van der Waals surface area contributed by atoms with Gasteiger partial charge in [0.2, 0.25) is 0 Å². The molecule has 1 aromatic carbocycles. The Bertz CT molecular complexity index is 461. The van der Waals surface area contributed by atoms with Gasteiger partial charge in [0.05, 0.1) is 5.52 Å². The number of pyridine rings is 1. The van der Waals surface area contributed by atoms with Crippen molar-refractivity contribution in [2.24, 2.45) is 0 Å². The maximum absolute atomic E-state index is 4.60. The zero-order valence-corrected chi connectivity index (χ0v) is 9.90. The smallest absolute Gasteiger partial charge is 0.126 e.